The van der Waals surface area contributed by atoms with E-state index < -0.39 is 0 Å². The van der Waals surface area contributed by atoms with Crippen molar-refractivity contribution < 1.29 is 4.52 Å². The van der Waals surface area contributed by atoms with Crippen LogP contribution in [0.25, 0.3) is 11.4 Å². The van der Waals surface area contributed by atoms with E-state index in [0.717, 1.165) is 50.5 Å². The number of piperidine rings is 1. The Morgan fingerprint density at radius 1 is 1.34 bits per heavy atom. The SMILES string of the molecule is C=CCN1CCC(NC(=NCc2nc(-c3ccc(Cl)cc3)no2)NCC)CC1.I. The lowest BCUT2D eigenvalue weighted by Gasteiger charge is -2.32. The van der Waals surface area contributed by atoms with Crippen LogP contribution < -0.4 is 10.6 Å². The fourth-order valence-corrected chi connectivity index (χ4v) is 3.26. The van der Waals surface area contributed by atoms with E-state index in [9.17, 15) is 0 Å². The number of rotatable bonds is 7. The van der Waals surface area contributed by atoms with Crippen LogP contribution in [0, 0.1) is 0 Å². The normalized spacial score (nSPS) is 15.6. The summed E-state index contributed by atoms with van der Waals surface area (Å²) in [5.41, 5.74) is 0.861. The van der Waals surface area contributed by atoms with Crippen molar-refractivity contribution in [3.05, 3.63) is 47.8 Å². The minimum absolute atomic E-state index is 0. The highest BCUT2D eigenvalue weighted by atomic mass is 127. The lowest BCUT2D eigenvalue weighted by molar-refractivity contribution is 0.225. The highest BCUT2D eigenvalue weighted by molar-refractivity contribution is 14.0. The number of aliphatic imine (C=N–C) groups is 1. The summed E-state index contributed by atoms with van der Waals surface area (Å²) >= 11 is 5.92. The molecule has 2 N–H and O–H groups in total. The molecule has 0 aliphatic carbocycles. The third kappa shape index (κ3) is 7.27. The number of hydrogen-bond donors (Lipinski definition) is 2. The maximum Gasteiger partial charge on any atom is 0.248 e. The van der Waals surface area contributed by atoms with Gasteiger partial charge in [0.15, 0.2) is 5.96 Å². The fraction of sp³-hybridized carbons (Fsp3) is 0.450. The zero-order chi connectivity index (χ0) is 19.8. The Bertz CT molecular complexity index is 787. The van der Waals surface area contributed by atoms with Crippen molar-refractivity contribution >= 4 is 41.5 Å². The maximum absolute atomic E-state index is 5.92. The Morgan fingerprint density at radius 3 is 2.72 bits per heavy atom. The fourth-order valence-electron chi connectivity index (χ4n) is 3.14. The van der Waals surface area contributed by atoms with Crippen LogP contribution in [0.5, 0.6) is 0 Å². The summed E-state index contributed by atoms with van der Waals surface area (Å²) in [4.78, 5) is 11.4. The van der Waals surface area contributed by atoms with E-state index in [1.807, 2.05) is 18.2 Å². The van der Waals surface area contributed by atoms with E-state index >= 15 is 0 Å². The molecule has 1 aliphatic rings. The van der Waals surface area contributed by atoms with Gasteiger partial charge in [0.1, 0.15) is 6.54 Å². The van der Waals surface area contributed by atoms with Gasteiger partial charge in [0.2, 0.25) is 11.7 Å². The van der Waals surface area contributed by atoms with Crippen molar-refractivity contribution in [2.24, 2.45) is 4.99 Å². The lowest BCUT2D eigenvalue weighted by atomic mass is 10.1. The number of guanidine groups is 1. The topological polar surface area (TPSA) is 78.6 Å². The molecular formula is C20H28ClIN6O. The van der Waals surface area contributed by atoms with E-state index in [4.69, 9.17) is 16.1 Å². The van der Waals surface area contributed by atoms with Crippen LogP contribution in [0.3, 0.4) is 0 Å². The minimum atomic E-state index is 0. The van der Waals surface area contributed by atoms with E-state index in [1.165, 1.54) is 0 Å². The largest absolute Gasteiger partial charge is 0.357 e. The zero-order valence-corrected chi connectivity index (χ0v) is 19.7. The Kier molecular flexibility index (Phi) is 9.89. The van der Waals surface area contributed by atoms with Gasteiger partial charge in [-0.3, -0.25) is 4.90 Å². The van der Waals surface area contributed by atoms with Crippen molar-refractivity contribution in [2.75, 3.05) is 26.2 Å². The number of aromatic nitrogens is 2. The van der Waals surface area contributed by atoms with Gasteiger partial charge in [-0.15, -0.1) is 30.6 Å². The second kappa shape index (κ2) is 12.1. The maximum atomic E-state index is 5.92. The summed E-state index contributed by atoms with van der Waals surface area (Å²) < 4.78 is 5.34. The third-order valence-electron chi connectivity index (χ3n) is 4.60. The molecule has 29 heavy (non-hydrogen) atoms. The van der Waals surface area contributed by atoms with Crippen LogP contribution in [-0.2, 0) is 6.54 Å². The van der Waals surface area contributed by atoms with Gasteiger partial charge >= 0.3 is 0 Å². The highest BCUT2D eigenvalue weighted by Gasteiger charge is 2.19. The Balaban J connectivity index is 0.00000300. The van der Waals surface area contributed by atoms with Crippen molar-refractivity contribution in [3.63, 3.8) is 0 Å². The zero-order valence-electron chi connectivity index (χ0n) is 16.6. The number of likely N-dealkylation sites (tertiary alicyclic amines) is 1. The quantitative estimate of drug-likeness (QED) is 0.246. The number of hydrogen-bond acceptors (Lipinski definition) is 5. The second-order valence-electron chi connectivity index (χ2n) is 6.72. The average molecular weight is 531 g/mol. The van der Waals surface area contributed by atoms with Gasteiger partial charge in [0.05, 0.1) is 0 Å². The standard InChI is InChI=1S/C20H27ClN6O.HI/c1-3-11-27-12-9-17(10-13-27)24-20(22-4-2)23-14-18-25-19(26-28-18)15-5-7-16(21)8-6-15;/h3,5-8,17H,1,4,9-14H2,2H3,(H2,22,23,24);1H. The Hall–Kier alpha value is -1.65. The minimum Gasteiger partial charge on any atom is -0.357 e. The molecule has 2 heterocycles. The molecule has 1 aromatic heterocycles. The molecule has 0 saturated carbocycles. The molecule has 1 aromatic carbocycles. The van der Waals surface area contributed by atoms with Crippen LogP contribution in [0.4, 0.5) is 0 Å². The number of nitrogens with zero attached hydrogens (tertiary/aromatic N) is 4. The van der Waals surface area contributed by atoms with Gasteiger partial charge in [0.25, 0.3) is 0 Å². The smallest absolute Gasteiger partial charge is 0.248 e. The molecule has 0 atom stereocenters. The molecule has 1 saturated heterocycles. The van der Waals surface area contributed by atoms with Gasteiger partial charge in [-0.2, -0.15) is 4.98 Å². The van der Waals surface area contributed by atoms with Gasteiger partial charge in [0, 0.05) is 42.8 Å². The molecule has 0 spiro atoms. The van der Waals surface area contributed by atoms with Crippen LogP contribution in [0.2, 0.25) is 5.02 Å². The van der Waals surface area contributed by atoms with Crippen molar-refractivity contribution in [2.45, 2.75) is 32.4 Å². The molecule has 0 bridgehead atoms. The summed E-state index contributed by atoms with van der Waals surface area (Å²) in [7, 11) is 0. The van der Waals surface area contributed by atoms with Crippen LogP contribution in [0.15, 0.2) is 46.4 Å². The number of benzene rings is 1. The summed E-state index contributed by atoms with van der Waals surface area (Å²) in [6.45, 7) is 10.1. The molecular weight excluding hydrogens is 503 g/mol. The predicted octanol–water partition coefficient (Wildman–Crippen LogP) is 3.71. The first-order chi connectivity index (χ1) is 13.7. The average Bonchev–Trinajstić information content (AvgIpc) is 3.18. The van der Waals surface area contributed by atoms with Crippen molar-refractivity contribution in [3.8, 4) is 11.4 Å². The van der Waals surface area contributed by atoms with Crippen molar-refractivity contribution in [1.82, 2.24) is 25.7 Å². The number of halogens is 2. The molecule has 3 rings (SSSR count). The summed E-state index contributed by atoms with van der Waals surface area (Å²) in [6, 6.07) is 7.75. The molecule has 9 heteroatoms. The van der Waals surface area contributed by atoms with E-state index in [-0.39, 0.29) is 24.0 Å². The first-order valence-electron chi connectivity index (χ1n) is 9.64. The summed E-state index contributed by atoms with van der Waals surface area (Å²) in [5, 5.41) is 11.5. The van der Waals surface area contributed by atoms with E-state index in [2.05, 4.69) is 44.2 Å². The molecule has 1 fully saturated rings. The third-order valence-corrected chi connectivity index (χ3v) is 4.85. The van der Waals surface area contributed by atoms with Crippen molar-refractivity contribution in [1.29, 1.82) is 0 Å². The molecule has 0 unspecified atom stereocenters. The first-order valence-corrected chi connectivity index (χ1v) is 10.0. The van der Waals surface area contributed by atoms with E-state index in [0.29, 0.717) is 29.3 Å². The van der Waals surface area contributed by atoms with Crippen LogP contribution in [0.1, 0.15) is 25.7 Å². The molecule has 2 aromatic rings. The van der Waals surface area contributed by atoms with Gasteiger partial charge in [-0.05, 0) is 44.0 Å². The molecule has 0 radical (unpaired) electrons. The van der Waals surface area contributed by atoms with Crippen LogP contribution in [-0.4, -0.2) is 53.2 Å². The van der Waals surface area contributed by atoms with Gasteiger partial charge < -0.3 is 15.2 Å². The predicted molar refractivity (Wildman–Crippen MR) is 128 cm³/mol. The van der Waals surface area contributed by atoms with E-state index in [1.54, 1.807) is 12.1 Å². The second-order valence-corrected chi connectivity index (χ2v) is 7.16. The molecule has 158 valence electrons. The van der Waals surface area contributed by atoms with Gasteiger partial charge in [-0.1, -0.05) is 22.8 Å². The molecule has 7 nitrogen and oxygen atoms in total. The monoisotopic (exact) mass is 530 g/mol. The number of nitrogens with one attached hydrogen (secondary N) is 2. The lowest BCUT2D eigenvalue weighted by Crippen LogP contribution is -2.48. The van der Waals surface area contributed by atoms with Crippen LogP contribution >= 0.6 is 35.6 Å². The molecule has 0 amide bonds. The summed E-state index contributed by atoms with van der Waals surface area (Å²) in [6.07, 6.45) is 4.13. The van der Waals surface area contributed by atoms with Gasteiger partial charge in [-0.25, -0.2) is 4.99 Å². The Morgan fingerprint density at radius 2 is 2.07 bits per heavy atom. The summed E-state index contributed by atoms with van der Waals surface area (Å²) in [5.74, 6) is 1.79. The molecule has 1 aliphatic heterocycles. The highest BCUT2D eigenvalue weighted by Crippen LogP contribution is 2.18. The Labute approximate surface area is 194 Å². The first kappa shape index (κ1) is 23.6.